The standard InChI is InChI=1S/C19H18N4O7S/c1-27-12-5-6-13(15(9-12)28-2)18-21-22-19(30-18)31-10-17(24)20-14-7-4-11(23(25)26)8-16(14)29-3/h4-9H,10H2,1-3H3,(H,20,24). The van der Waals surface area contributed by atoms with Crippen molar-refractivity contribution in [2.24, 2.45) is 0 Å². The molecule has 0 aliphatic rings. The van der Waals surface area contributed by atoms with E-state index in [1.807, 2.05) is 0 Å². The van der Waals surface area contributed by atoms with Gasteiger partial charge in [0.2, 0.25) is 5.91 Å². The molecule has 0 fully saturated rings. The number of methoxy groups -OCH3 is 3. The number of non-ortho nitro benzene ring substituents is 1. The van der Waals surface area contributed by atoms with Crippen LogP contribution in [-0.4, -0.2) is 48.1 Å². The Hall–Kier alpha value is -3.80. The van der Waals surface area contributed by atoms with Crippen molar-refractivity contribution in [3.05, 3.63) is 46.5 Å². The zero-order valence-corrected chi connectivity index (χ0v) is 17.6. The van der Waals surface area contributed by atoms with Crippen molar-refractivity contribution in [2.45, 2.75) is 5.22 Å². The molecule has 0 spiro atoms. The van der Waals surface area contributed by atoms with E-state index in [1.165, 1.54) is 32.4 Å². The van der Waals surface area contributed by atoms with Gasteiger partial charge in [-0.3, -0.25) is 14.9 Å². The molecule has 1 heterocycles. The van der Waals surface area contributed by atoms with Crippen molar-refractivity contribution in [3.8, 4) is 28.7 Å². The van der Waals surface area contributed by atoms with Crippen LogP contribution in [-0.2, 0) is 4.79 Å². The molecule has 11 nitrogen and oxygen atoms in total. The molecule has 12 heteroatoms. The predicted molar refractivity (Wildman–Crippen MR) is 112 cm³/mol. The minimum Gasteiger partial charge on any atom is -0.497 e. The fourth-order valence-electron chi connectivity index (χ4n) is 2.56. The van der Waals surface area contributed by atoms with Crippen LogP contribution >= 0.6 is 11.8 Å². The number of ether oxygens (including phenoxy) is 3. The number of carbonyl (C=O) groups is 1. The SMILES string of the molecule is COc1ccc(-c2nnc(SCC(=O)Nc3ccc([N+](=O)[O-])cc3OC)o2)c(OC)c1. The van der Waals surface area contributed by atoms with E-state index in [4.69, 9.17) is 18.6 Å². The van der Waals surface area contributed by atoms with Gasteiger partial charge in [-0.2, -0.15) is 0 Å². The summed E-state index contributed by atoms with van der Waals surface area (Å²) in [6.45, 7) is 0. The van der Waals surface area contributed by atoms with Crippen LogP contribution in [0.3, 0.4) is 0 Å². The second-order valence-corrected chi connectivity index (χ2v) is 6.84. The van der Waals surface area contributed by atoms with Crippen LogP contribution < -0.4 is 19.5 Å². The van der Waals surface area contributed by atoms with E-state index in [-0.39, 0.29) is 34.2 Å². The first-order chi connectivity index (χ1) is 14.9. The number of nitrogens with zero attached hydrogens (tertiary/aromatic N) is 3. The number of anilines is 1. The monoisotopic (exact) mass is 446 g/mol. The molecule has 0 bridgehead atoms. The Balaban J connectivity index is 1.65. The molecular formula is C19H18N4O7S. The first-order valence-corrected chi connectivity index (χ1v) is 9.74. The highest BCUT2D eigenvalue weighted by atomic mass is 32.2. The molecule has 0 aliphatic heterocycles. The minimum atomic E-state index is -0.547. The average molecular weight is 446 g/mol. The van der Waals surface area contributed by atoms with Crippen LogP contribution in [0.1, 0.15) is 0 Å². The maximum absolute atomic E-state index is 12.3. The van der Waals surface area contributed by atoms with Gasteiger partial charge in [0.25, 0.3) is 16.8 Å². The van der Waals surface area contributed by atoms with Crippen LogP contribution in [0.25, 0.3) is 11.5 Å². The summed E-state index contributed by atoms with van der Waals surface area (Å²) in [6.07, 6.45) is 0. The van der Waals surface area contributed by atoms with Crippen molar-refractivity contribution in [2.75, 3.05) is 32.4 Å². The Morgan fingerprint density at radius 1 is 1.10 bits per heavy atom. The number of hydrogen-bond acceptors (Lipinski definition) is 10. The van der Waals surface area contributed by atoms with E-state index >= 15 is 0 Å². The third-order valence-corrected chi connectivity index (χ3v) is 4.86. The average Bonchev–Trinajstić information content (AvgIpc) is 3.26. The zero-order valence-electron chi connectivity index (χ0n) is 16.8. The number of nitro groups is 1. The summed E-state index contributed by atoms with van der Waals surface area (Å²) in [6, 6.07) is 9.07. The molecular weight excluding hydrogens is 428 g/mol. The van der Waals surface area contributed by atoms with Gasteiger partial charge in [-0.05, 0) is 18.2 Å². The van der Waals surface area contributed by atoms with E-state index in [0.717, 1.165) is 11.8 Å². The van der Waals surface area contributed by atoms with Gasteiger partial charge in [0.05, 0.1) is 49.3 Å². The first kappa shape index (κ1) is 21.9. The van der Waals surface area contributed by atoms with Crippen LogP contribution in [0.4, 0.5) is 11.4 Å². The third kappa shape index (κ3) is 5.22. The van der Waals surface area contributed by atoms with Crippen molar-refractivity contribution < 1.29 is 28.3 Å². The van der Waals surface area contributed by atoms with Crippen LogP contribution in [0.15, 0.2) is 46.0 Å². The summed E-state index contributed by atoms with van der Waals surface area (Å²) in [5.74, 6) is 1.13. The smallest absolute Gasteiger partial charge is 0.277 e. The summed E-state index contributed by atoms with van der Waals surface area (Å²) in [5, 5.41) is 21.6. The predicted octanol–water partition coefficient (Wildman–Crippen LogP) is 3.40. The fourth-order valence-corrected chi connectivity index (χ4v) is 3.13. The first-order valence-electron chi connectivity index (χ1n) is 8.76. The van der Waals surface area contributed by atoms with Crippen molar-refractivity contribution in [3.63, 3.8) is 0 Å². The maximum Gasteiger partial charge on any atom is 0.277 e. The summed E-state index contributed by atoms with van der Waals surface area (Å²) < 4.78 is 21.2. The highest BCUT2D eigenvalue weighted by molar-refractivity contribution is 7.99. The second-order valence-electron chi connectivity index (χ2n) is 5.92. The van der Waals surface area contributed by atoms with E-state index in [0.29, 0.717) is 22.7 Å². The van der Waals surface area contributed by atoms with Crippen molar-refractivity contribution in [1.82, 2.24) is 10.2 Å². The summed E-state index contributed by atoms with van der Waals surface area (Å²) in [4.78, 5) is 22.6. The molecule has 0 unspecified atom stereocenters. The van der Waals surface area contributed by atoms with Crippen LogP contribution in [0.2, 0.25) is 0 Å². The lowest BCUT2D eigenvalue weighted by Gasteiger charge is -2.09. The van der Waals surface area contributed by atoms with E-state index < -0.39 is 4.92 Å². The molecule has 3 aromatic rings. The van der Waals surface area contributed by atoms with Gasteiger partial charge >= 0.3 is 0 Å². The molecule has 31 heavy (non-hydrogen) atoms. The van der Waals surface area contributed by atoms with Crippen LogP contribution in [0.5, 0.6) is 17.2 Å². The number of aromatic nitrogens is 2. The third-order valence-electron chi connectivity index (χ3n) is 4.04. The highest BCUT2D eigenvalue weighted by Crippen LogP contribution is 2.34. The van der Waals surface area contributed by atoms with Crippen molar-refractivity contribution >= 4 is 29.0 Å². The fraction of sp³-hybridized carbons (Fsp3) is 0.211. The topological polar surface area (TPSA) is 139 Å². The molecule has 1 aromatic heterocycles. The molecule has 0 radical (unpaired) electrons. The molecule has 3 rings (SSSR count). The Morgan fingerprint density at radius 2 is 1.87 bits per heavy atom. The zero-order chi connectivity index (χ0) is 22.4. The van der Waals surface area contributed by atoms with Crippen molar-refractivity contribution in [1.29, 1.82) is 0 Å². The summed E-state index contributed by atoms with van der Waals surface area (Å²) in [5.41, 5.74) is 0.757. The van der Waals surface area contributed by atoms with Gasteiger partial charge in [-0.15, -0.1) is 10.2 Å². The van der Waals surface area contributed by atoms with Gasteiger partial charge < -0.3 is 23.9 Å². The summed E-state index contributed by atoms with van der Waals surface area (Å²) >= 11 is 1.04. The maximum atomic E-state index is 12.3. The van der Waals surface area contributed by atoms with Crippen LogP contribution in [0, 0.1) is 10.1 Å². The van der Waals surface area contributed by atoms with Gasteiger partial charge in [0.15, 0.2) is 0 Å². The van der Waals surface area contributed by atoms with Gasteiger partial charge in [-0.1, -0.05) is 11.8 Å². The Morgan fingerprint density at radius 3 is 2.55 bits per heavy atom. The van der Waals surface area contributed by atoms with E-state index in [9.17, 15) is 14.9 Å². The van der Waals surface area contributed by atoms with Gasteiger partial charge in [-0.25, -0.2) is 0 Å². The molecule has 0 saturated carbocycles. The highest BCUT2D eigenvalue weighted by Gasteiger charge is 2.17. The molecule has 0 aliphatic carbocycles. The lowest BCUT2D eigenvalue weighted by atomic mass is 10.2. The number of rotatable bonds is 9. The number of carbonyl (C=O) groups excluding carboxylic acids is 1. The summed E-state index contributed by atoms with van der Waals surface area (Å²) in [7, 11) is 4.42. The van der Waals surface area contributed by atoms with Gasteiger partial charge in [0, 0.05) is 12.1 Å². The molecule has 0 saturated heterocycles. The largest absolute Gasteiger partial charge is 0.497 e. The molecule has 1 amide bonds. The number of thioether (sulfide) groups is 1. The number of amides is 1. The number of hydrogen-bond donors (Lipinski definition) is 1. The molecule has 1 N–H and O–H groups in total. The lowest BCUT2D eigenvalue weighted by molar-refractivity contribution is -0.384. The Bertz CT molecular complexity index is 1100. The quantitative estimate of drug-likeness (QED) is 0.295. The number of nitrogens with one attached hydrogen (secondary N) is 1. The number of nitro benzene ring substituents is 1. The Labute approximate surface area is 180 Å². The molecule has 2 aromatic carbocycles. The lowest BCUT2D eigenvalue weighted by Crippen LogP contribution is -2.14. The minimum absolute atomic E-state index is 0.0263. The van der Waals surface area contributed by atoms with E-state index in [1.54, 1.807) is 25.3 Å². The molecule has 162 valence electrons. The molecule has 0 atom stereocenters. The van der Waals surface area contributed by atoms with E-state index in [2.05, 4.69) is 15.5 Å². The number of benzene rings is 2. The second kappa shape index (κ2) is 9.80. The van der Waals surface area contributed by atoms with Gasteiger partial charge in [0.1, 0.15) is 17.2 Å². The normalized spacial score (nSPS) is 10.4. The Kier molecular flexibility index (Phi) is 6.92.